The van der Waals surface area contributed by atoms with E-state index in [4.69, 9.17) is 10.5 Å². The van der Waals surface area contributed by atoms with Gasteiger partial charge in [0.25, 0.3) is 0 Å². The maximum absolute atomic E-state index is 5.91. The summed E-state index contributed by atoms with van der Waals surface area (Å²) < 4.78 is 5.91. The zero-order valence-electron chi connectivity index (χ0n) is 15.2. The van der Waals surface area contributed by atoms with E-state index in [0.717, 1.165) is 31.7 Å². The zero-order valence-corrected chi connectivity index (χ0v) is 15.2. The highest BCUT2D eigenvalue weighted by molar-refractivity contribution is 5.71. The van der Waals surface area contributed by atoms with E-state index in [1.54, 1.807) is 0 Å². The predicted octanol–water partition coefficient (Wildman–Crippen LogP) is 5.92. The van der Waals surface area contributed by atoms with Crippen molar-refractivity contribution in [2.24, 2.45) is 5.73 Å². The maximum Gasteiger partial charge on any atom is 0.119 e. The van der Waals surface area contributed by atoms with Gasteiger partial charge in [-0.2, -0.15) is 0 Å². The summed E-state index contributed by atoms with van der Waals surface area (Å²) in [5.74, 6) is 0.938. The molecule has 0 spiro atoms. The lowest BCUT2D eigenvalue weighted by molar-refractivity contribution is 0.305. The molecule has 3 aromatic carbocycles. The monoisotopic (exact) mass is 345 g/mol. The van der Waals surface area contributed by atoms with Crippen LogP contribution in [0.3, 0.4) is 0 Å². The molecule has 3 rings (SSSR count). The topological polar surface area (TPSA) is 35.2 Å². The molecule has 0 bridgehead atoms. The summed E-state index contributed by atoms with van der Waals surface area (Å²) in [5, 5.41) is 0. The smallest absolute Gasteiger partial charge is 0.119 e. The van der Waals surface area contributed by atoms with E-state index in [-0.39, 0.29) is 0 Å². The summed E-state index contributed by atoms with van der Waals surface area (Å²) in [6, 6.07) is 27.5. The minimum absolute atomic E-state index is 0.765. The fraction of sp³-hybridized carbons (Fsp3) is 0.250. The van der Waals surface area contributed by atoms with Gasteiger partial charge in [-0.05, 0) is 53.8 Å². The average Bonchev–Trinajstić information content (AvgIpc) is 2.72. The van der Waals surface area contributed by atoms with Gasteiger partial charge in [-0.3, -0.25) is 0 Å². The van der Waals surface area contributed by atoms with Crippen LogP contribution in [0.15, 0.2) is 78.9 Å². The maximum atomic E-state index is 5.91. The van der Waals surface area contributed by atoms with Gasteiger partial charge in [-0.25, -0.2) is 0 Å². The van der Waals surface area contributed by atoms with Gasteiger partial charge in [-0.15, -0.1) is 0 Å². The van der Waals surface area contributed by atoms with Crippen LogP contribution < -0.4 is 10.5 Å². The van der Waals surface area contributed by atoms with Gasteiger partial charge >= 0.3 is 0 Å². The van der Waals surface area contributed by atoms with Gasteiger partial charge in [0.1, 0.15) is 5.75 Å². The molecular formula is C24H27NO. The van der Waals surface area contributed by atoms with Crippen molar-refractivity contribution in [1.29, 1.82) is 0 Å². The first kappa shape index (κ1) is 18.2. The Balaban J connectivity index is 1.61. The molecule has 0 fully saturated rings. The number of nitrogens with two attached hydrogens (primary N) is 1. The van der Waals surface area contributed by atoms with Crippen LogP contribution in [0.4, 0.5) is 0 Å². The van der Waals surface area contributed by atoms with Crippen LogP contribution in [0.2, 0.25) is 0 Å². The van der Waals surface area contributed by atoms with Crippen molar-refractivity contribution in [3.63, 3.8) is 0 Å². The molecule has 0 aliphatic rings. The lowest BCUT2D eigenvalue weighted by Crippen LogP contribution is -2.00. The molecule has 26 heavy (non-hydrogen) atoms. The Hall–Kier alpha value is -2.58. The van der Waals surface area contributed by atoms with Crippen LogP contribution in [0.25, 0.3) is 22.3 Å². The Kier molecular flexibility index (Phi) is 6.86. The molecule has 134 valence electrons. The summed E-state index contributed by atoms with van der Waals surface area (Å²) >= 11 is 0. The molecule has 0 aliphatic heterocycles. The molecule has 0 aromatic heterocycles. The summed E-state index contributed by atoms with van der Waals surface area (Å²) in [6.07, 6.45) is 4.55. The van der Waals surface area contributed by atoms with Crippen molar-refractivity contribution in [3.8, 4) is 28.0 Å². The van der Waals surface area contributed by atoms with Crippen LogP contribution in [0.1, 0.15) is 25.7 Å². The minimum Gasteiger partial charge on any atom is -0.494 e. The van der Waals surface area contributed by atoms with E-state index in [1.807, 2.05) is 12.1 Å². The Bertz CT molecular complexity index is 781. The number of hydrogen-bond donors (Lipinski definition) is 1. The number of rotatable bonds is 9. The molecule has 0 unspecified atom stereocenters. The Morgan fingerprint density at radius 1 is 0.577 bits per heavy atom. The normalized spacial score (nSPS) is 10.7. The first-order chi connectivity index (χ1) is 12.9. The summed E-state index contributed by atoms with van der Waals surface area (Å²) in [4.78, 5) is 0. The summed E-state index contributed by atoms with van der Waals surface area (Å²) in [5.41, 5.74) is 10.4. The van der Waals surface area contributed by atoms with E-state index in [2.05, 4.69) is 66.7 Å². The first-order valence-corrected chi connectivity index (χ1v) is 9.45. The van der Waals surface area contributed by atoms with E-state index in [9.17, 15) is 0 Å². The van der Waals surface area contributed by atoms with Crippen molar-refractivity contribution in [3.05, 3.63) is 78.9 Å². The highest BCUT2D eigenvalue weighted by Crippen LogP contribution is 2.27. The first-order valence-electron chi connectivity index (χ1n) is 9.45. The number of benzene rings is 3. The quantitative estimate of drug-likeness (QED) is 0.489. The van der Waals surface area contributed by atoms with Gasteiger partial charge < -0.3 is 10.5 Å². The second-order valence-electron chi connectivity index (χ2n) is 6.52. The van der Waals surface area contributed by atoms with Crippen LogP contribution >= 0.6 is 0 Å². The molecule has 0 saturated carbocycles. The molecule has 2 N–H and O–H groups in total. The molecule has 0 heterocycles. The number of unbranched alkanes of at least 4 members (excludes halogenated alkanes) is 3. The van der Waals surface area contributed by atoms with E-state index < -0.39 is 0 Å². The van der Waals surface area contributed by atoms with Crippen LogP contribution in [-0.2, 0) is 0 Å². The Labute approximate surface area is 156 Å². The van der Waals surface area contributed by atoms with Crippen molar-refractivity contribution < 1.29 is 4.74 Å². The van der Waals surface area contributed by atoms with E-state index >= 15 is 0 Å². The van der Waals surface area contributed by atoms with Crippen molar-refractivity contribution in [1.82, 2.24) is 0 Å². The second-order valence-corrected chi connectivity index (χ2v) is 6.52. The lowest BCUT2D eigenvalue weighted by Gasteiger charge is -2.09. The highest BCUT2D eigenvalue weighted by atomic mass is 16.5. The standard InChI is InChI=1S/C24H27NO/c25-17-6-1-2-7-18-26-24-12-8-11-23(19-24)22-15-13-21(14-16-22)20-9-4-3-5-10-20/h3-5,8-16,19H,1-2,6-7,17-18,25H2. The van der Waals surface area contributed by atoms with Crippen LogP contribution in [0.5, 0.6) is 5.75 Å². The van der Waals surface area contributed by atoms with E-state index in [1.165, 1.54) is 35.1 Å². The van der Waals surface area contributed by atoms with Gasteiger partial charge in [0.2, 0.25) is 0 Å². The van der Waals surface area contributed by atoms with E-state index in [0.29, 0.717) is 0 Å². The molecule has 2 heteroatoms. The minimum atomic E-state index is 0.765. The lowest BCUT2D eigenvalue weighted by atomic mass is 10.0. The third kappa shape index (κ3) is 5.21. The van der Waals surface area contributed by atoms with Gasteiger partial charge in [0.15, 0.2) is 0 Å². The van der Waals surface area contributed by atoms with Gasteiger partial charge in [0.05, 0.1) is 6.61 Å². The highest BCUT2D eigenvalue weighted by Gasteiger charge is 2.02. The van der Waals surface area contributed by atoms with Crippen LogP contribution in [0, 0.1) is 0 Å². The van der Waals surface area contributed by atoms with Gasteiger partial charge in [0, 0.05) is 0 Å². The Morgan fingerprint density at radius 3 is 1.92 bits per heavy atom. The third-order valence-corrected chi connectivity index (χ3v) is 4.53. The number of ether oxygens (including phenoxy) is 1. The molecule has 0 amide bonds. The molecule has 0 aliphatic carbocycles. The Morgan fingerprint density at radius 2 is 1.19 bits per heavy atom. The molecule has 0 radical (unpaired) electrons. The summed E-state index contributed by atoms with van der Waals surface area (Å²) in [7, 11) is 0. The predicted molar refractivity (Wildman–Crippen MR) is 110 cm³/mol. The molecule has 2 nitrogen and oxygen atoms in total. The fourth-order valence-corrected chi connectivity index (χ4v) is 3.04. The van der Waals surface area contributed by atoms with Crippen molar-refractivity contribution in [2.75, 3.05) is 13.2 Å². The third-order valence-electron chi connectivity index (χ3n) is 4.53. The van der Waals surface area contributed by atoms with Crippen LogP contribution in [-0.4, -0.2) is 13.2 Å². The molecule has 0 atom stereocenters. The molecule has 0 saturated heterocycles. The SMILES string of the molecule is NCCCCCCOc1cccc(-c2ccc(-c3ccccc3)cc2)c1. The van der Waals surface area contributed by atoms with Crippen molar-refractivity contribution >= 4 is 0 Å². The summed E-state index contributed by atoms with van der Waals surface area (Å²) in [6.45, 7) is 1.55. The second kappa shape index (κ2) is 9.79. The van der Waals surface area contributed by atoms with Crippen molar-refractivity contribution in [2.45, 2.75) is 25.7 Å². The van der Waals surface area contributed by atoms with Gasteiger partial charge in [-0.1, -0.05) is 79.6 Å². The molecule has 3 aromatic rings. The number of hydrogen-bond acceptors (Lipinski definition) is 2. The fourth-order valence-electron chi connectivity index (χ4n) is 3.04. The largest absolute Gasteiger partial charge is 0.494 e. The molecular weight excluding hydrogens is 318 g/mol. The average molecular weight is 345 g/mol. The zero-order chi connectivity index (χ0) is 18.0.